The summed E-state index contributed by atoms with van der Waals surface area (Å²) in [5.74, 6) is 2.54. The van der Waals surface area contributed by atoms with Crippen LogP contribution in [0.15, 0.2) is 42.5 Å². The Morgan fingerprint density at radius 3 is 2.23 bits per heavy atom. The van der Waals surface area contributed by atoms with E-state index in [0.29, 0.717) is 61.6 Å². The third-order valence-electron chi connectivity index (χ3n) is 9.52. The van der Waals surface area contributed by atoms with Crippen molar-refractivity contribution < 1.29 is 28.9 Å². The molecule has 242 valence electrons. The Morgan fingerprint density at radius 2 is 1.59 bits per heavy atom. The van der Waals surface area contributed by atoms with Gasteiger partial charge < -0.3 is 29.5 Å². The molecule has 3 aliphatic rings. The highest BCUT2D eigenvalue weighted by Gasteiger charge is 2.54. The second-order valence-corrected chi connectivity index (χ2v) is 12.4. The van der Waals surface area contributed by atoms with Crippen molar-refractivity contribution >= 4 is 24.2 Å². The van der Waals surface area contributed by atoms with E-state index < -0.39 is 17.2 Å². The average Bonchev–Trinajstić information content (AvgIpc) is 3.02. The van der Waals surface area contributed by atoms with Gasteiger partial charge in [0.2, 0.25) is 11.8 Å². The Kier molecular flexibility index (Phi) is 11.4. The highest BCUT2D eigenvalue weighted by molar-refractivity contribution is 6.00. The number of hydrogen-bond donors (Lipinski definition) is 2. The summed E-state index contributed by atoms with van der Waals surface area (Å²) in [6.45, 7) is 4.88. The zero-order valence-electron chi connectivity index (χ0n) is 26.3. The molecule has 0 aromatic heterocycles. The zero-order chi connectivity index (χ0) is 30.5. The maximum Gasteiger partial charge on any atom is 0.246 e. The lowest BCUT2D eigenvalue weighted by atomic mass is 9.77. The fourth-order valence-electron chi connectivity index (χ4n) is 6.93. The lowest BCUT2D eigenvalue weighted by Crippen LogP contribution is -2.73. The molecule has 0 radical (unpaired) electrons. The summed E-state index contributed by atoms with van der Waals surface area (Å²) < 4.78 is 16.8. The lowest BCUT2D eigenvalue weighted by molar-refractivity contribution is -0.163. The van der Waals surface area contributed by atoms with Gasteiger partial charge in [-0.25, -0.2) is 0 Å². The molecule has 2 N–H and O–H groups in total. The third kappa shape index (κ3) is 7.44. The number of aliphatic hydroxyl groups is 1. The van der Waals surface area contributed by atoms with Crippen LogP contribution in [-0.4, -0.2) is 77.8 Å². The molecule has 2 amide bonds. The number of piperidine rings is 1. The van der Waals surface area contributed by atoms with Crippen LogP contribution in [-0.2, 0) is 16.1 Å². The van der Waals surface area contributed by atoms with E-state index in [-0.39, 0.29) is 24.2 Å². The van der Waals surface area contributed by atoms with E-state index in [0.717, 1.165) is 57.3 Å². The minimum absolute atomic E-state index is 0. The van der Waals surface area contributed by atoms with Crippen LogP contribution in [0.4, 0.5) is 0 Å². The molecular weight excluding hydrogens is 582 g/mol. The molecule has 0 unspecified atom stereocenters. The molecular formula is C34H48ClN3O6. The minimum atomic E-state index is -0.864. The molecule has 2 aliphatic heterocycles. The molecule has 2 aromatic carbocycles. The molecule has 1 spiro atoms. The van der Waals surface area contributed by atoms with E-state index in [1.807, 2.05) is 29.2 Å². The summed E-state index contributed by atoms with van der Waals surface area (Å²) in [6.07, 6.45) is 7.78. The van der Waals surface area contributed by atoms with Crippen LogP contribution >= 0.6 is 12.4 Å². The van der Waals surface area contributed by atoms with E-state index in [1.165, 1.54) is 0 Å². The molecule has 1 atom stereocenters. The summed E-state index contributed by atoms with van der Waals surface area (Å²) in [6, 6.07) is 12.8. The van der Waals surface area contributed by atoms with Crippen molar-refractivity contribution in [3.8, 4) is 23.0 Å². The number of unbranched alkanes of at least 4 members (excludes halogenated alkanes) is 1. The summed E-state index contributed by atoms with van der Waals surface area (Å²) in [5.41, 5.74) is -0.529. The van der Waals surface area contributed by atoms with Gasteiger partial charge in [-0.05, 0) is 61.9 Å². The number of halogens is 1. The number of hydrogen-bond acceptors (Lipinski definition) is 7. The first kappa shape index (κ1) is 33.9. The van der Waals surface area contributed by atoms with Gasteiger partial charge in [-0.3, -0.25) is 14.5 Å². The van der Waals surface area contributed by atoms with Crippen LogP contribution in [0.3, 0.4) is 0 Å². The summed E-state index contributed by atoms with van der Waals surface area (Å²) in [4.78, 5) is 31.8. The van der Waals surface area contributed by atoms with Crippen molar-refractivity contribution in [3.63, 3.8) is 0 Å². The number of ether oxygens (including phenoxy) is 3. The summed E-state index contributed by atoms with van der Waals surface area (Å²) in [7, 11) is 3.21. The molecule has 5 rings (SSSR count). The van der Waals surface area contributed by atoms with Crippen LogP contribution < -0.4 is 19.5 Å². The molecule has 3 fully saturated rings. The fourth-order valence-corrected chi connectivity index (χ4v) is 6.93. The van der Waals surface area contributed by atoms with Crippen molar-refractivity contribution in [1.29, 1.82) is 0 Å². The van der Waals surface area contributed by atoms with Crippen LogP contribution in [0, 0.1) is 0 Å². The summed E-state index contributed by atoms with van der Waals surface area (Å²) in [5, 5.41) is 14.2. The maximum atomic E-state index is 13.8. The van der Waals surface area contributed by atoms with E-state index >= 15 is 0 Å². The van der Waals surface area contributed by atoms with Gasteiger partial charge in [-0.2, -0.15) is 0 Å². The van der Waals surface area contributed by atoms with E-state index in [2.05, 4.69) is 29.3 Å². The lowest BCUT2D eigenvalue weighted by Gasteiger charge is -2.52. The molecule has 1 saturated carbocycles. The second kappa shape index (κ2) is 14.8. The monoisotopic (exact) mass is 629 g/mol. The molecule has 2 heterocycles. The number of piperazine rings is 1. The number of nitrogens with zero attached hydrogens (tertiary/aromatic N) is 2. The first-order chi connectivity index (χ1) is 20.8. The standard InChI is InChI=1S/C34H47N3O6.ClH/c1-4-5-19-37-31(38)28(23-33(40)15-7-6-8-16-33)35-32(39)34(37)17-20-36(21-18-34)24-25-9-11-26(12-10-25)43-29-14-13-27(41-2)22-30(29)42-3;/h9-14,22,28,40H,4-8,15-21,23-24H2,1-3H3,(H,35,39);1H/t28-;/m1./s1. The SMILES string of the molecule is CCCCN1C(=O)[C@@H](CC2(O)CCCCC2)NC(=O)C12CCN(Cc1ccc(Oc3ccc(OC)cc3OC)cc1)CC2.Cl. The van der Waals surface area contributed by atoms with Crippen molar-refractivity contribution in [2.75, 3.05) is 33.9 Å². The molecule has 1 aliphatic carbocycles. The minimum Gasteiger partial charge on any atom is -0.497 e. The molecule has 2 aromatic rings. The number of likely N-dealkylation sites (tertiary alicyclic amines) is 1. The molecule has 0 bridgehead atoms. The molecule has 2 saturated heterocycles. The Hall–Kier alpha value is -3.01. The van der Waals surface area contributed by atoms with Gasteiger partial charge in [0.25, 0.3) is 0 Å². The summed E-state index contributed by atoms with van der Waals surface area (Å²) >= 11 is 0. The number of rotatable bonds is 11. The van der Waals surface area contributed by atoms with Crippen molar-refractivity contribution in [2.45, 2.75) is 94.9 Å². The first-order valence-electron chi connectivity index (χ1n) is 15.9. The highest BCUT2D eigenvalue weighted by atomic mass is 35.5. The van der Waals surface area contributed by atoms with Crippen LogP contribution in [0.5, 0.6) is 23.0 Å². The smallest absolute Gasteiger partial charge is 0.246 e. The number of carbonyl (C=O) groups is 2. The predicted molar refractivity (Wildman–Crippen MR) is 172 cm³/mol. The number of amides is 2. The average molecular weight is 630 g/mol. The second-order valence-electron chi connectivity index (χ2n) is 12.4. The van der Waals surface area contributed by atoms with Crippen molar-refractivity contribution in [1.82, 2.24) is 15.1 Å². The highest BCUT2D eigenvalue weighted by Crippen LogP contribution is 2.38. The van der Waals surface area contributed by atoms with E-state index in [9.17, 15) is 14.7 Å². The Morgan fingerprint density at radius 1 is 0.909 bits per heavy atom. The van der Waals surface area contributed by atoms with E-state index in [1.54, 1.807) is 20.3 Å². The third-order valence-corrected chi connectivity index (χ3v) is 9.52. The molecule has 9 nitrogen and oxygen atoms in total. The number of nitrogens with one attached hydrogen (secondary N) is 1. The topological polar surface area (TPSA) is 101 Å². The van der Waals surface area contributed by atoms with Crippen molar-refractivity contribution in [3.05, 3.63) is 48.0 Å². The quantitative estimate of drug-likeness (QED) is 0.340. The van der Waals surface area contributed by atoms with Gasteiger partial charge in [0.05, 0.1) is 19.8 Å². The molecule has 44 heavy (non-hydrogen) atoms. The number of benzene rings is 2. The Labute approximate surface area is 267 Å². The fraction of sp³-hybridized carbons (Fsp3) is 0.588. The van der Waals surface area contributed by atoms with Gasteiger partial charge in [0.15, 0.2) is 11.5 Å². The van der Waals surface area contributed by atoms with Gasteiger partial charge in [0, 0.05) is 38.7 Å². The first-order valence-corrected chi connectivity index (χ1v) is 15.9. The van der Waals surface area contributed by atoms with Gasteiger partial charge in [-0.15, -0.1) is 12.4 Å². The van der Waals surface area contributed by atoms with Gasteiger partial charge >= 0.3 is 0 Å². The van der Waals surface area contributed by atoms with Crippen LogP contribution in [0.25, 0.3) is 0 Å². The largest absolute Gasteiger partial charge is 0.497 e. The van der Waals surface area contributed by atoms with Gasteiger partial charge in [0.1, 0.15) is 23.1 Å². The maximum absolute atomic E-state index is 13.8. The Balaban J connectivity index is 0.00000442. The normalized spacial score (nSPS) is 21.4. The van der Waals surface area contributed by atoms with Crippen molar-refractivity contribution in [2.24, 2.45) is 0 Å². The van der Waals surface area contributed by atoms with Gasteiger partial charge in [-0.1, -0.05) is 44.7 Å². The van der Waals surface area contributed by atoms with E-state index in [4.69, 9.17) is 14.2 Å². The number of methoxy groups -OCH3 is 2. The molecule has 10 heteroatoms. The zero-order valence-corrected chi connectivity index (χ0v) is 27.1. The predicted octanol–water partition coefficient (Wildman–Crippen LogP) is 5.46. The van der Waals surface area contributed by atoms with Crippen LogP contribution in [0.1, 0.15) is 76.7 Å². The number of carbonyl (C=O) groups excluding carboxylic acids is 2. The van der Waals surface area contributed by atoms with Crippen LogP contribution in [0.2, 0.25) is 0 Å². The Bertz CT molecular complexity index is 1260.